The molecule has 26 heavy (non-hydrogen) atoms. The molecule has 2 heteroatoms. The van der Waals surface area contributed by atoms with Crippen molar-refractivity contribution in [1.29, 1.82) is 0 Å². The van der Waals surface area contributed by atoms with Crippen molar-refractivity contribution < 1.29 is 0 Å². The Morgan fingerprint density at radius 3 is 2.38 bits per heavy atom. The molecule has 3 rings (SSSR count). The average molecular weight is 349 g/mol. The Morgan fingerprint density at radius 2 is 1.73 bits per heavy atom. The quantitative estimate of drug-likeness (QED) is 0.674. The van der Waals surface area contributed by atoms with Crippen molar-refractivity contribution in [3.63, 3.8) is 0 Å². The highest BCUT2D eigenvalue weighted by molar-refractivity contribution is 5.85. The molecule has 0 aliphatic rings. The molecule has 0 saturated heterocycles. The number of fused-ring (bicyclic) bond motifs is 1. The van der Waals surface area contributed by atoms with E-state index >= 15 is 0 Å². The lowest BCUT2D eigenvalue weighted by molar-refractivity contribution is 0.586. The van der Waals surface area contributed by atoms with Crippen molar-refractivity contribution >= 4 is 10.9 Å². The molecule has 2 aromatic carbocycles. The summed E-state index contributed by atoms with van der Waals surface area (Å²) in [7, 11) is 2.16. The van der Waals surface area contributed by atoms with Crippen LogP contribution in [0.3, 0.4) is 0 Å². The van der Waals surface area contributed by atoms with Gasteiger partial charge in [-0.25, -0.2) is 0 Å². The summed E-state index contributed by atoms with van der Waals surface area (Å²) in [6.45, 7) is 11.9. The van der Waals surface area contributed by atoms with Crippen LogP contribution in [0.2, 0.25) is 0 Å². The van der Waals surface area contributed by atoms with Crippen LogP contribution < -0.4 is 5.73 Å². The minimum atomic E-state index is 0.150. The Kier molecular flexibility index (Phi) is 4.98. The first-order chi connectivity index (χ1) is 12.2. The van der Waals surface area contributed by atoms with Gasteiger partial charge in [0.1, 0.15) is 0 Å². The summed E-state index contributed by atoms with van der Waals surface area (Å²) >= 11 is 0. The predicted molar refractivity (Wildman–Crippen MR) is 113 cm³/mol. The van der Waals surface area contributed by atoms with Crippen LogP contribution in [0.15, 0.2) is 42.5 Å². The zero-order valence-corrected chi connectivity index (χ0v) is 17.1. The number of aromatic nitrogens is 1. The SMILES string of the molecule is Cc1ccc(C(C)(C)C)cc1C(CN)Cc1c(C)n(C)c2ccccc12. The second-order valence-corrected chi connectivity index (χ2v) is 8.60. The van der Waals surface area contributed by atoms with Crippen molar-refractivity contribution in [2.24, 2.45) is 12.8 Å². The van der Waals surface area contributed by atoms with Gasteiger partial charge in [0.15, 0.2) is 0 Å². The molecule has 0 spiro atoms. The maximum absolute atomic E-state index is 6.27. The van der Waals surface area contributed by atoms with Gasteiger partial charge in [-0.15, -0.1) is 0 Å². The van der Waals surface area contributed by atoms with Gasteiger partial charge in [-0.3, -0.25) is 0 Å². The van der Waals surface area contributed by atoms with E-state index < -0.39 is 0 Å². The first-order valence-corrected chi connectivity index (χ1v) is 9.58. The second kappa shape index (κ2) is 6.92. The van der Waals surface area contributed by atoms with Crippen LogP contribution in [0.1, 0.15) is 54.6 Å². The standard InChI is InChI=1S/C24H32N2/c1-16-11-12-19(24(3,4)5)14-21(16)18(15-25)13-22-17(2)26(6)23-10-8-7-9-20(22)23/h7-12,14,18H,13,15,25H2,1-6H3. The Balaban J connectivity index is 2.06. The zero-order chi connectivity index (χ0) is 19.1. The molecule has 0 aliphatic carbocycles. The van der Waals surface area contributed by atoms with Crippen molar-refractivity contribution in [3.05, 3.63) is 70.4 Å². The maximum atomic E-state index is 6.27. The van der Waals surface area contributed by atoms with E-state index in [0.29, 0.717) is 12.5 Å². The van der Waals surface area contributed by atoms with Crippen molar-refractivity contribution in [3.8, 4) is 0 Å². The number of nitrogens with two attached hydrogens (primary N) is 1. The smallest absolute Gasteiger partial charge is 0.0482 e. The summed E-state index contributed by atoms with van der Waals surface area (Å²) in [5, 5.41) is 1.36. The zero-order valence-electron chi connectivity index (χ0n) is 17.1. The van der Waals surface area contributed by atoms with Crippen molar-refractivity contribution in [2.45, 2.75) is 52.4 Å². The fourth-order valence-corrected chi connectivity index (χ4v) is 3.97. The summed E-state index contributed by atoms with van der Waals surface area (Å²) in [6.07, 6.45) is 0.984. The third-order valence-electron chi connectivity index (χ3n) is 5.85. The van der Waals surface area contributed by atoms with E-state index in [1.807, 2.05) is 0 Å². The van der Waals surface area contributed by atoms with E-state index in [4.69, 9.17) is 5.73 Å². The van der Waals surface area contributed by atoms with Gasteiger partial charge in [0.25, 0.3) is 0 Å². The third-order valence-corrected chi connectivity index (χ3v) is 5.85. The maximum Gasteiger partial charge on any atom is 0.0482 e. The molecule has 0 amide bonds. The molecule has 2 nitrogen and oxygen atoms in total. The van der Waals surface area contributed by atoms with E-state index in [1.54, 1.807) is 0 Å². The highest BCUT2D eigenvalue weighted by Gasteiger charge is 2.21. The largest absolute Gasteiger partial charge is 0.348 e. The van der Waals surface area contributed by atoms with Gasteiger partial charge in [-0.2, -0.15) is 0 Å². The Labute approximate surface area is 158 Å². The van der Waals surface area contributed by atoms with Crippen molar-refractivity contribution in [1.82, 2.24) is 4.57 Å². The molecular weight excluding hydrogens is 316 g/mol. The lowest BCUT2D eigenvalue weighted by atomic mass is 9.81. The van der Waals surface area contributed by atoms with Gasteiger partial charge in [0.05, 0.1) is 0 Å². The van der Waals surface area contributed by atoms with E-state index in [0.717, 1.165) is 6.42 Å². The van der Waals surface area contributed by atoms with E-state index in [-0.39, 0.29) is 5.41 Å². The molecule has 0 saturated carbocycles. The molecule has 138 valence electrons. The Morgan fingerprint density at radius 1 is 1.04 bits per heavy atom. The van der Waals surface area contributed by atoms with Crippen LogP contribution in [-0.4, -0.2) is 11.1 Å². The lowest BCUT2D eigenvalue weighted by Gasteiger charge is -2.24. The number of hydrogen-bond donors (Lipinski definition) is 1. The molecule has 2 N–H and O–H groups in total. The molecule has 0 radical (unpaired) electrons. The number of rotatable bonds is 4. The molecule has 3 aromatic rings. The molecule has 1 unspecified atom stereocenters. The van der Waals surface area contributed by atoms with Crippen LogP contribution >= 0.6 is 0 Å². The van der Waals surface area contributed by atoms with Gasteiger partial charge in [0, 0.05) is 29.6 Å². The molecule has 0 bridgehead atoms. The number of nitrogens with zero attached hydrogens (tertiary/aromatic N) is 1. The number of aryl methyl sites for hydroxylation is 2. The minimum Gasteiger partial charge on any atom is -0.348 e. The minimum absolute atomic E-state index is 0.150. The highest BCUT2D eigenvalue weighted by atomic mass is 14.9. The summed E-state index contributed by atoms with van der Waals surface area (Å²) in [4.78, 5) is 0. The fraction of sp³-hybridized carbons (Fsp3) is 0.417. The van der Waals surface area contributed by atoms with Crippen LogP contribution in [0, 0.1) is 13.8 Å². The topological polar surface area (TPSA) is 30.9 Å². The molecule has 1 atom stereocenters. The number of hydrogen-bond acceptors (Lipinski definition) is 1. The first kappa shape index (κ1) is 18.7. The summed E-state index contributed by atoms with van der Waals surface area (Å²) in [5.74, 6) is 0.335. The number of benzene rings is 2. The third kappa shape index (κ3) is 3.31. The predicted octanol–water partition coefficient (Wildman–Crippen LogP) is 5.38. The van der Waals surface area contributed by atoms with E-state index in [9.17, 15) is 0 Å². The molecular formula is C24H32N2. The fourth-order valence-electron chi connectivity index (χ4n) is 3.97. The van der Waals surface area contributed by atoms with Crippen LogP contribution in [0.25, 0.3) is 10.9 Å². The Hall–Kier alpha value is -2.06. The van der Waals surface area contributed by atoms with E-state index in [2.05, 4.69) is 88.7 Å². The van der Waals surface area contributed by atoms with E-state index in [1.165, 1.54) is 38.9 Å². The van der Waals surface area contributed by atoms with Gasteiger partial charge >= 0.3 is 0 Å². The lowest BCUT2D eigenvalue weighted by Crippen LogP contribution is -2.18. The second-order valence-electron chi connectivity index (χ2n) is 8.60. The van der Waals surface area contributed by atoms with Gasteiger partial charge in [0.2, 0.25) is 0 Å². The van der Waals surface area contributed by atoms with Crippen molar-refractivity contribution in [2.75, 3.05) is 6.54 Å². The molecule has 0 fully saturated rings. The normalized spacial score (nSPS) is 13.3. The monoisotopic (exact) mass is 348 g/mol. The highest BCUT2D eigenvalue weighted by Crippen LogP contribution is 2.33. The first-order valence-electron chi connectivity index (χ1n) is 9.58. The number of para-hydroxylation sites is 1. The van der Waals surface area contributed by atoms with Gasteiger partial charge in [-0.05, 0) is 60.5 Å². The summed E-state index contributed by atoms with van der Waals surface area (Å²) in [5.41, 5.74) is 14.6. The Bertz CT molecular complexity index is 925. The molecule has 1 heterocycles. The molecule has 1 aromatic heterocycles. The summed E-state index contributed by atoms with van der Waals surface area (Å²) in [6, 6.07) is 15.6. The average Bonchev–Trinajstić information content (AvgIpc) is 2.84. The molecule has 0 aliphatic heterocycles. The summed E-state index contributed by atoms with van der Waals surface area (Å²) < 4.78 is 2.30. The van der Waals surface area contributed by atoms with Gasteiger partial charge < -0.3 is 10.3 Å². The van der Waals surface area contributed by atoms with Gasteiger partial charge in [-0.1, -0.05) is 57.2 Å². The van der Waals surface area contributed by atoms with Crippen LogP contribution in [0.4, 0.5) is 0 Å². The van der Waals surface area contributed by atoms with Crippen LogP contribution in [-0.2, 0) is 18.9 Å². The van der Waals surface area contributed by atoms with Crippen LogP contribution in [0.5, 0.6) is 0 Å².